The summed E-state index contributed by atoms with van der Waals surface area (Å²) in [5.74, 6) is 0.0792. The van der Waals surface area contributed by atoms with Crippen LogP contribution in [0.25, 0.3) is 0 Å². The molecule has 3 heterocycles. The van der Waals surface area contributed by atoms with Gasteiger partial charge in [0.25, 0.3) is 11.8 Å². The Bertz CT molecular complexity index is 1010. The fourth-order valence-corrected chi connectivity index (χ4v) is 3.10. The third-order valence-electron chi connectivity index (χ3n) is 4.42. The van der Waals surface area contributed by atoms with Crippen LogP contribution in [0.5, 0.6) is 0 Å². The Labute approximate surface area is 156 Å². The van der Waals surface area contributed by atoms with Crippen LogP contribution in [-0.2, 0) is 0 Å². The van der Waals surface area contributed by atoms with Crippen LogP contribution in [0.2, 0.25) is 0 Å². The van der Waals surface area contributed by atoms with Crippen LogP contribution in [0.4, 0.5) is 11.5 Å². The Balaban J connectivity index is 1.68. The summed E-state index contributed by atoms with van der Waals surface area (Å²) in [4.78, 5) is 35.3. The summed E-state index contributed by atoms with van der Waals surface area (Å²) in [5.41, 5.74) is 2.20. The van der Waals surface area contributed by atoms with E-state index in [-0.39, 0.29) is 11.8 Å². The standard InChI is InChI=1S/C20H17N5O2/c1-25-17-14(8-6-12-22-17)19(26)24-18(25)13-7-2-3-9-15(13)23-20(27)16-10-4-5-11-21-16/h2-12,18H,1H3,(H,23,27)(H,24,26)/t18-/m0/s1. The molecule has 1 aromatic carbocycles. The molecule has 2 N–H and O–H groups in total. The number of carbonyl (C=O) groups is 2. The number of pyridine rings is 2. The lowest BCUT2D eigenvalue weighted by molar-refractivity contribution is 0.0927. The van der Waals surface area contributed by atoms with E-state index in [1.807, 2.05) is 30.1 Å². The molecule has 0 aliphatic carbocycles. The SMILES string of the molecule is CN1c2ncccc2C(=O)N[C@@H]1c1ccccc1NC(=O)c1ccccn1. The Morgan fingerprint density at radius 3 is 2.63 bits per heavy atom. The molecule has 3 aromatic rings. The maximum atomic E-state index is 12.5. The van der Waals surface area contributed by atoms with Crippen molar-refractivity contribution in [3.8, 4) is 0 Å². The normalized spacial score (nSPS) is 15.7. The third-order valence-corrected chi connectivity index (χ3v) is 4.42. The molecular weight excluding hydrogens is 342 g/mol. The molecule has 4 rings (SSSR count). The van der Waals surface area contributed by atoms with Crippen molar-refractivity contribution in [2.75, 3.05) is 17.3 Å². The Kier molecular flexibility index (Phi) is 4.25. The third kappa shape index (κ3) is 3.10. The molecular formula is C20H17N5O2. The lowest BCUT2D eigenvalue weighted by atomic mass is 10.0. The van der Waals surface area contributed by atoms with Crippen molar-refractivity contribution in [2.45, 2.75) is 6.17 Å². The highest BCUT2D eigenvalue weighted by atomic mass is 16.2. The van der Waals surface area contributed by atoms with Crippen LogP contribution in [0.15, 0.2) is 67.0 Å². The average Bonchev–Trinajstić information content (AvgIpc) is 2.72. The molecule has 27 heavy (non-hydrogen) atoms. The number of amides is 2. The number of rotatable bonds is 3. The number of hydrogen-bond donors (Lipinski definition) is 2. The highest BCUT2D eigenvalue weighted by Gasteiger charge is 2.31. The van der Waals surface area contributed by atoms with Crippen molar-refractivity contribution in [3.63, 3.8) is 0 Å². The first-order chi connectivity index (χ1) is 13.1. The molecule has 0 unspecified atom stereocenters. The lowest BCUT2D eigenvalue weighted by Crippen LogP contribution is -2.45. The van der Waals surface area contributed by atoms with E-state index in [0.717, 1.165) is 5.56 Å². The highest BCUT2D eigenvalue weighted by Crippen LogP contribution is 2.33. The maximum Gasteiger partial charge on any atom is 0.274 e. The summed E-state index contributed by atoms with van der Waals surface area (Å²) >= 11 is 0. The van der Waals surface area contributed by atoms with E-state index in [4.69, 9.17) is 0 Å². The van der Waals surface area contributed by atoms with Crippen molar-refractivity contribution in [1.82, 2.24) is 15.3 Å². The van der Waals surface area contributed by atoms with E-state index in [0.29, 0.717) is 22.8 Å². The minimum absolute atomic E-state index is 0.202. The molecule has 2 aromatic heterocycles. The molecule has 1 aliphatic rings. The predicted octanol–water partition coefficient (Wildman–Crippen LogP) is 2.61. The first kappa shape index (κ1) is 16.7. The molecule has 0 spiro atoms. The van der Waals surface area contributed by atoms with Gasteiger partial charge in [-0.05, 0) is 30.3 Å². The van der Waals surface area contributed by atoms with Gasteiger partial charge in [0.15, 0.2) is 0 Å². The van der Waals surface area contributed by atoms with Crippen LogP contribution < -0.4 is 15.5 Å². The quantitative estimate of drug-likeness (QED) is 0.751. The summed E-state index contributed by atoms with van der Waals surface area (Å²) < 4.78 is 0. The van der Waals surface area contributed by atoms with Crippen LogP contribution >= 0.6 is 0 Å². The first-order valence-electron chi connectivity index (χ1n) is 8.45. The van der Waals surface area contributed by atoms with Gasteiger partial charge in [0.1, 0.15) is 17.7 Å². The van der Waals surface area contributed by atoms with Gasteiger partial charge < -0.3 is 15.5 Å². The van der Waals surface area contributed by atoms with Gasteiger partial charge in [0.05, 0.1) is 5.56 Å². The van der Waals surface area contributed by atoms with Gasteiger partial charge >= 0.3 is 0 Å². The summed E-state index contributed by atoms with van der Waals surface area (Å²) in [6.07, 6.45) is 2.76. The molecule has 0 bridgehead atoms. The molecule has 2 amide bonds. The van der Waals surface area contributed by atoms with Crippen LogP contribution in [0, 0.1) is 0 Å². The summed E-state index contributed by atoms with van der Waals surface area (Å²) in [6, 6.07) is 16.0. The number of nitrogens with one attached hydrogen (secondary N) is 2. The predicted molar refractivity (Wildman–Crippen MR) is 101 cm³/mol. The van der Waals surface area contributed by atoms with Crippen molar-refractivity contribution in [2.24, 2.45) is 0 Å². The van der Waals surface area contributed by atoms with Gasteiger partial charge in [-0.3, -0.25) is 14.6 Å². The monoisotopic (exact) mass is 359 g/mol. The van der Waals surface area contributed by atoms with E-state index < -0.39 is 6.17 Å². The number of hydrogen-bond acceptors (Lipinski definition) is 5. The molecule has 0 radical (unpaired) electrons. The number of aromatic nitrogens is 2. The minimum Gasteiger partial charge on any atom is -0.335 e. The molecule has 0 saturated carbocycles. The largest absolute Gasteiger partial charge is 0.335 e. The zero-order valence-electron chi connectivity index (χ0n) is 14.6. The van der Waals surface area contributed by atoms with Crippen LogP contribution in [0.3, 0.4) is 0 Å². The van der Waals surface area contributed by atoms with Crippen LogP contribution in [0.1, 0.15) is 32.6 Å². The molecule has 7 nitrogen and oxygen atoms in total. The van der Waals surface area contributed by atoms with Crippen molar-refractivity contribution in [3.05, 3.63) is 83.8 Å². The summed E-state index contributed by atoms with van der Waals surface area (Å²) in [5, 5.41) is 5.86. The van der Waals surface area contributed by atoms with E-state index >= 15 is 0 Å². The zero-order chi connectivity index (χ0) is 18.8. The summed E-state index contributed by atoms with van der Waals surface area (Å²) in [6.45, 7) is 0. The van der Waals surface area contributed by atoms with Crippen molar-refractivity contribution >= 4 is 23.3 Å². The first-order valence-corrected chi connectivity index (χ1v) is 8.45. The van der Waals surface area contributed by atoms with Gasteiger partial charge in [-0.15, -0.1) is 0 Å². The zero-order valence-corrected chi connectivity index (χ0v) is 14.6. The molecule has 0 fully saturated rings. The number of para-hydroxylation sites is 1. The Morgan fingerprint density at radius 1 is 1.04 bits per heavy atom. The molecule has 134 valence electrons. The number of fused-ring (bicyclic) bond motifs is 1. The fourth-order valence-electron chi connectivity index (χ4n) is 3.10. The second-order valence-electron chi connectivity index (χ2n) is 6.12. The van der Waals surface area contributed by atoms with E-state index in [1.54, 1.807) is 48.8 Å². The number of anilines is 2. The van der Waals surface area contributed by atoms with Crippen molar-refractivity contribution in [1.29, 1.82) is 0 Å². The second-order valence-corrected chi connectivity index (χ2v) is 6.12. The van der Waals surface area contributed by atoms with Crippen LogP contribution in [-0.4, -0.2) is 28.8 Å². The molecule has 1 aliphatic heterocycles. The van der Waals surface area contributed by atoms with Gasteiger partial charge in [-0.25, -0.2) is 4.98 Å². The average molecular weight is 359 g/mol. The van der Waals surface area contributed by atoms with Gasteiger partial charge in [-0.2, -0.15) is 0 Å². The maximum absolute atomic E-state index is 12.5. The number of nitrogens with zero attached hydrogens (tertiary/aromatic N) is 3. The van der Waals surface area contributed by atoms with Gasteiger partial charge in [0, 0.05) is 30.7 Å². The molecule has 7 heteroatoms. The van der Waals surface area contributed by atoms with E-state index in [1.165, 1.54) is 0 Å². The topological polar surface area (TPSA) is 87.2 Å². The lowest BCUT2D eigenvalue weighted by Gasteiger charge is -2.36. The Morgan fingerprint density at radius 2 is 1.81 bits per heavy atom. The smallest absolute Gasteiger partial charge is 0.274 e. The molecule has 0 saturated heterocycles. The fraction of sp³-hybridized carbons (Fsp3) is 0.100. The highest BCUT2D eigenvalue weighted by molar-refractivity contribution is 6.04. The van der Waals surface area contributed by atoms with E-state index in [2.05, 4.69) is 20.6 Å². The van der Waals surface area contributed by atoms with Crippen molar-refractivity contribution < 1.29 is 9.59 Å². The summed E-state index contributed by atoms with van der Waals surface area (Å²) in [7, 11) is 1.85. The van der Waals surface area contributed by atoms with E-state index in [9.17, 15) is 9.59 Å². The Hall–Kier alpha value is -3.74. The second kappa shape index (κ2) is 6.87. The number of carbonyl (C=O) groups excluding carboxylic acids is 2. The number of benzene rings is 1. The molecule has 1 atom stereocenters. The van der Waals surface area contributed by atoms with Gasteiger partial charge in [-0.1, -0.05) is 24.3 Å². The minimum atomic E-state index is -0.458. The van der Waals surface area contributed by atoms with Gasteiger partial charge in [0.2, 0.25) is 0 Å².